The lowest BCUT2D eigenvalue weighted by Gasteiger charge is -2.42. The summed E-state index contributed by atoms with van der Waals surface area (Å²) in [5.74, 6) is 0.838. The average Bonchev–Trinajstić information content (AvgIpc) is 3.61. The maximum Gasteiger partial charge on any atom is 0.229 e. The molecular weight excluding hydrogens is 494 g/mol. The number of halogens is 1. The number of hydrogen-bond acceptors (Lipinski definition) is 9. The zero-order valence-corrected chi connectivity index (χ0v) is 21.2. The third-order valence-electron chi connectivity index (χ3n) is 7.66. The van der Waals surface area contributed by atoms with E-state index in [1.54, 1.807) is 12.4 Å². The molecule has 0 radical (unpaired) electrons. The van der Waals surface area contributed by atoms with Crippen LogP contribution in [0.2, 0.25) is 0 Å². The van der Waals surface area contributed by atoms with E-state index in [-0.39, 0.29) is 30.5 Å². The number of hydrogen-bond donors (Lipinski definition) is 3. The number of pyridine rings is 2. The minimum Gasteiger partial charge on any atom is -0.436 e. The van der Waals surface area contributed by atoms with Gasteiger partial charge in [0, 0.05) is 62.1 Å². The van der Waals surface area contributed by atoms with Gasteiger partial charge in [-0.15, -0.1) is 12.4 Å². The third kappa shape index (κ3) is 3.87. The lowest BCUT2D eigenvalue weighted by molar-refractivity contribution is -0.120. The number of primary amides is 1. The molecule has 192 valence electrons. The van der Waals surface area contributed by atoms with E-state index in [1.807, 2.05) is 19.2 Å². The van der Waals surface area contributed by atoms with Crippen LogP contribution in [0.3, 0.4) is 0 Å². The topological polar surface area (TPSA) is 131 Å². The molecule has 2 unspecified atom stereocenters. The standard InChI is InChI=1S/C26H27N7O3.ClH/c1-28-23-18-10-30-22(26(4-5-26)25(27)34)7-17(18)19(11-31-23)24-32-20-6-14(2-3-21(20)36-24)33-12-15-8-29-9-16(13-33)35-15;/h2-3,6-7,10-11,15-16,29H,4-5,8-9,12-13H2,1H3,(H2,27,34)(H,28,31);1H. The van der Waals surface area contributed by atoms with Crippen molar-refractivity contribution < 1.29 is 13.9 Å². The first-order valence-electron chi connectivity index (χ1n) is 12.3. The minimum atomic E-state index is -0.684. The summed E-state index contributed by atoms with van der Waals surface area (Å²) in [5.41, 5.74) is 9.07. The van der Waals surface area contributed by atoms with Crippen molar-refractivity contribution in [3.63, 3.8) is 0 Å². The number of oxazole rings is 1. The highest BCUT2D eigenvalue weighted by atomic mass is 35.5. The minimum absolute atomic E-state index is 0. The number of aromatic nitrogens is 3. The van der Waals surface area contributed by atoms with Crippen molar-refractivity contribution in [1.82, 2.24) is 20.3 Å². The molecule has 3 aromatic heterocycles. The Bertz CT molecular complexity index is 1510. The second-order valence-electron chi connectivity index (χ2n) is 9.95. The maximum atomic E-state index is 12.2. The Morgan fingerprint density at radius 1 is 1.14 bits per heavy atom. The summed E-state index contributed by atoms with van der Waals surface area (Å²) in [6.45, 7) is 3.44. The van der Waals surface area contributed by atoms with Gasteiger partial charge in [-0.1, -0.05) is 0 Å². The monoisotopic (exact) mass is 521 g/mol. The molecule has 37 heavy (non-hydrogen) atoms. The van der Waals surface area contributed by atoms with Crippen LogP contribution in [-0.2, 0) is 14.9 Å². The first-order chi connectivity index (χ1) is 17.5. The largest absolute Gasteiger partial charge is 0.436 e. The van der Waals surface area contributed by atoms with Crippen LogP contribution in [0.1, 0.15) is 18.5 Å². The third-order valence-corrected chi connectivity index (χ3v) is 7.66. The molecule has 5 heterocycles. The van der Waals surface area contributed by atoms with Gasteiger partial charge < -0.3 is 30.4 Å². The van der Waals surface area contributed by atoms with Gasteiger partial charge in [-0.05, 0) is 37.1 Å². The predicted molar refractivity (Wildman–Crippen MR) is 143 cm³/mol. The van der Waals surface area contributed by atoms with Gasteiger partial charge in [-0.2, -0.15) is 0 Å². The van der Waals surface area contributed by atoms with Gasteiger partial charge in [0.1, 0.15) is 11.3 Å². The Morgan fingerprint density at radius 3 is 2.62 bits per heavy atom. The smallest absolute Gasteiger partial charge is 0.229 e. The molecule has 1 amide bonds. The van der Waals surface area contributed by atoms with Gasteiger partial charge >= 0.3 is 0 Å². The molecule has 0 spiro atoms. The van der Waals surface area contributed by atoms with Gasteiger partial charge in [-0.25, -0.2) is 9.97 Å². The van der Waals surface area contributed by atoms with E-state index >= 15 is 0 Å². The highest BCUT2D eigenvalue weighted by molar-refractivity contribution is 6.02. The number of amides is 1. The summed E-state index contributed by atoms with van der Waals surface area (Å²) in [5, 5.41) is 8.25. The van der Waals surface area contributed by atoms with Crippen LogP contribution in [0.4, 0.5) is 11.5 Å². The SMILES string of the molecule is CNc1ncc(-c2nc3cc(N4CC5CNCC(C4)O5)ccc3o2)c2cc(C3(C(N)=O)CC3)ncc12.Cl. The fourth-order valence-corrected chi connectivity index (χ4v) is 5.51. The van der Waals surface area contributed by atoms with Gasteiger partial charge in [0.2, 0.25) is 11.8 Å². The molecule has 4 aromatic rings. The fraction of sp³-hybridized carbons (Fsp3) is 0.385. The first-order valence-corrected chi connectivity index (χ1v) is 12.3. The number of carbonyl (C=O) groups is 1. The summed E-state index contributed by atoms with van der Waals surface area (Å²) >= 11 is 0. The second-order valence-corrected chi connectivity index (χ2v) is 9.95. The zero-order valence-electron chi connectivity index (χ0n) is 20.4. The molecule has 2 aliphatic heterocycles. The Kier molecular flexibility index (Phi) is 5.70. The van der Waals surface area contributed by atoms with Crippen molar-refractivity contribution in [3.05, 3.63) is 42.4 Å². The van der Waals surface area contributed by atoms with Gasteiger partial charge in [0.05, 0.1) is 28.9 Å². The number of rotatable bonds is 5. The Hall–Kier alpha value is -3.47. The molecule has 1 saturated carbocycles. The van der Waals surface area contributed by atoms with Crippen molar-refractivity contribution in [2.45, 2.75) is 30.5 Å². The molecule has 3 fully saturated rings. The van der Waals surface area contributed by atoms with E-state index in [9.17, 15) is 4.79 Å². The molecule has 2 atom stereocenters. The summed E-state index contributed by atoms with van der Waals surface area (Å²) in [4.78, 5) is 28.5. The molecule has 11 heteroatoms. The van der Waals surface area contributed by atoms with Crippen molar-refractivity contribution in [2.75, 3.05) is 43.4 Å². The number of nitrogens with two attached hydrogens (primary N) is 1. The van der Waals surface area contributed by atoms with E-state index in [2.05, 4.69) is 37.6 Å². The quantitative estimate of drug-likeness (QED) is 0.362. The number of anilines is 2. The van der Waals surface area contributed by atoms with Crippen LogP contribution in [0, 0.1) is 0 Å². The van der Waals surface area contributed by atoms with Crippen LogP contribution in [0.25, 0.3) is 33.3 Å². The molecule has 1 aliphatic carbocycles. The molecule has 4 N–H and O–H groups in total. The normalized spacial score (nSPS) is 22.0. The van der Waals surface area contributed by atoms with Crippen LogP contribution in [0.15, 0.2) is 41.1 Å². The highest BCUT2D eigenvalue weighted by Gasteiger charge is 2.51. The summed E-state index contributed by atoms with van der Waals surface area (Å²) < 4.78 is 12.3. The van der Waals surface area contributed by atoms with E-state index in [0.717, 1.165) is 53.7 Å². The molecule has 7 rings (SSSR count). The summed E-state index contributed by atoms with van der Waals surface area (Å²) in [7, 11) is 1.82. The van der Waals surface area contributed by atoms with Crippen molar-refractivity contribution >= 4 is 51.7 Å². The maximum absolute atomic E-state index is 12.2. The van der Waals surface area contributed by atoms with Gasteiger partial charge in [0.15, 0.2) is 5.58 Å². The molecular formula is C26H28ClN7O3. The van der Waals surface area contributed by atoms with E-state index in [4.69, 9.17) is 19.9 Å². The summed E-state index contributed by atoms with van der Waals surface area (Å²) in [6, 6.07) is 8.07. The van der Waals surface area contributed by atoms with Crippen LogP contribution in [0.5, 0.6) is 0 Å². The molecule has 10 nitrogen and oxygen atoms in total. The Morgan fingerprint density at radius 2 is 1.92 bits per heavy atom. The van der Waals surface area contributed by atoms with E-state index in [0.29, 0.717) is 35.8 Å². The Balaban J connectivity index is 0.00000252. The van der Waals surface area contributed by atoms with Gasteiger partial charge in [-0.3, -0.25) is 9.78 Å². The van der Waals surface area contributed by atoms with E-state index in [1.165, 1.54) is 0 Å². The van der Waals surface area contributed by atoms with Crippen LogP contribution < -0.4 is 21.3 Å². The van der Waals surface area contributed by atoms with Crippen molar-refractivity contribution in [1.29, 1.82) is 0 Å². The van der Waals surface area contributed by atoms with E-state index < -0.39 is 5.41 Å². The summed E-state index contributed by atoms with van der Waals surface area (Å²) in [6.07, 6.45) is 5.32. The molecule has 3 aliphatic rings. The number of ether oxygens (including phenoxy) is 1. The second kappa shape index (κ2) is 8.83. The number of carbonyl (C=O) groups excluding carboxylic acids is 1. The number of nitrogens with one attached hydrogen (secondary N) is 2. The number of nitrogens with zero attached hydrogens (tertiary/aromatic N) is 4. The lowest BCUT2D eigenvalue weighted by atomic mass is 9.98. The molecule has 2 bridgehead atoms. The van der Waals surface area contributed by atoms with Crippen molar-refractivity contribution in [2.24, 2.45) is 5.73 Å². The number of benzene rings is 1. The zero-order chi connectivity index (χ0) is 24.4. The van der Waals surface area contributed by atoms with Gasteiger partial charge in [0.25, 0.3) is 0 Å². The first kappa shape index (κ1) is 23.9. The lowest BCUT2D eigenvalue weighted by Crippen LogP contribution is -2.58. The Labute approximate surface area is 219 Å². The number of fused-ring (bicyclic) bond motifs is 4. The molecule has 2 saturated heterocycles. The highest BCUT2D eigenvalue weighted by Crippen LogP contribution is 2.48. The fourth-order valence-electron chi connectivity index (χ4n) is 5.51. The predicted octanol–water partition coefficient (Wildman–Crippen LogP) is 2.60. The van der Waals surface area contributed by atoms with Crippen LogP contribution in [-0.4, -0.2) is 66.3 Å². The van der Waals surface area contributed by atoms with Crippen molar-refractivity contribution in [3.8, 4) is 11.5 Å². The molecule has 1 aromatic carbocycles. The average molecular weight is 522 g/mol. The van der Waals surface area contributed by atoms with Crippen LogP contribution >= 0.6 is 12.4 Å². The number of morpholine rings is 2.